The number of amides is 2. The Bertz CT molecular complexity index is 756. The van der Waals surface area contributed by atoms with Crippen molar-refractivity contribution < 1.29 is 9.59 Å². The minimum atomic E-state index is -0.0378. The molecule has 1 aromatic carbocycles. The summed E-state index contributed by atoms with van der Waals surface area (Å²) in [6.45, 7) is 2.34. The molecule has 3 rings (SSSR count). The zero-order chi connectivity index (χ0) is 22.1. The first-order valence-corrected chi connectivity index (χ1v) is 12.2. The molecule has 1 aliphatic heterocycles. The van der Waals surface area contributed by atoms with Crippen molar-refractivity contribution in [1.82, 2.24) is 20.4 Å². The lowest BCUT2D eigenvalue weighted by atomic mass is 10.1. The lowest BCUT2D eigenvalue weighted by Gasteiger charge is -2.21. The van der Waals surface area contributed by atoms with Gasteiger partial charge in [0.05, 0.1) is 0 Å². The Kier molecular flexibility index (Phi) is 11.6. The highest BCUT2D eigenvalue weighted by Crippen LogP contribution is 2.27. The third kappa shape index (κ3) is 8.46. The van der Waals surface area contributed by atoms with E-state index in [2.05, 4.69) is 27.8 Å². The molecule has 1 aromatic rings. The van der Waals surface area contributed by atoms with Gasteiger partial charge in [-0.15, -0.1) is 35.7 Å². The lowest BCUT2D eigenvalue weighted by molar-refractivity contribution is -0.134. The van der Waals surface area contributed by atoms with Crippen molar-refractivity contribution in [3.05, 3.63) is 30.3 Å². The van der Waals surface area contributed by atoms with Gasteiger partial charge in [-0.05, 0) is 31.4 Å². The molecule has 2 amide bonds. The maximum atomic E-state index is 12.7. The van der Waals surface area contributed by atoms with Crippen molar-refractivity contribution in [2.24, 2.45) is 10.9 Å². The van der Waals surface area contributed by atoms with Gasteiger partial charge in [-0.3, -0.25) is 9.59 Å². The van der Waals surface area contributed by atoms with Crippen LogP contribution in [-0.4, -0.2) is 79.6 Å². The number of aliphatic imine (C=N–C) groups is 1. The van der Waals surface area contributed by atoms with E-state index in [9.17, 15) is 9.59 Å². The number of nitrogens with zero attached hydrogens (tertiary/aromatic N) is 3. The van der Waals surface area contributed by atoms with Gasteiger partial charge in [0.25, 0.3) is 0 Å². The van der Waals surface area contributed by atoms with Crippen LogP contribution in [-0.2, 0) is 9.59 Å². The minimum Gasteiger partial charge on any atom is -0.356 e. The molecule has 7 nitrogen and oxygen atoms in total. The zero-order valence-corrected chi connectivity index (χ0v) is 22.2. The van der Waals surface area contributed by atoms with Crippen LogP contribution < -0.4 is 10.6 Å². The summed E-state index contributed by atoms with van der Waals surface area (Å²) in [6.07, 6.45) is 5.32. The molecule has 1 aliphatic carbocycles. The summed E-state index contributed by atoms with van der Waals surface area (Å²) in [5, 5.41) is 6.80. The fraction of sp³-hybridized carbons (Fsp3) is 0.609. The van der Waals surface area contributed by atoms with E-state index in [4.69, 9.17) is 0 Å². The van der Waals surface area contributed by atoms with Gasteiger partial charge in [0.2, 0.25) is 11.8 Å². The van der Waals surface area contributed by atoms with Crippen LogP contribution in [0.25, 0.3) is 0 Å². The predicted molar refractivity (Wildman–Crippen MR) is 142 cm³/mol. The summed E-state index contributed by atoms with van der Waals surface area (Å²) in [7, 11) is 3.47. The average Bonchev–Trinajstić information content (AvgIpc) is 3.47. The molecule has 9 heteroatoms. The molecule has 1 heterocycles. The first-order chi connectivity index (χ1) is 15.0. The number of likely N-dealkylation sites (N-methyl/N-ethyl adjacent to an activating group) is 1. The highest BCUT2D eigenvalue weighted by molar-refractivity contribution is 14.0. The third-order valence-corrected chi connectivity index (χ3v) is 6.84. The van der Waals surface area contributed by atoms with Gasteiger partial charge < -0.3 is 20.4 Å². The first kappa shape index (κ1) is 26.8. The second-order valence-electron chi connectivity index (χ2n) is 8.44. The Labute approximate surface area is 213 Å². The molecule has 1 saturated heterocycles. The van der Waals surface area contributed by atoms with Crippen LogP contribution in [0, 0.1) is 5.92 Å². The highest BCUT2D eigenvalue weighted by Gasteiger charge is 2.32. The number of nitrogens with one attached hydrogen (secondary N) is 2. The summed E-state index contributed by atoms with van der Waals surface area (Å²) in [5.74, 6) is 2.03. The van der Waals surface area contributed by atoms with E-state index in [0.29, 0.717) is 18.4 Å². The number of benzene rings is 1. The van der Waals surface area contributed by atoms with E-state index in [0.717, 1.165) is 38.1 Å². The number of likely N-dealkylation sites (tertiary alicyclic amines) is 1. The largest absolute Gasteiger partial charge is 0.356 e. The van der Waals surface area contributed by atoms with Crippen molar-refractivity contribution in [3.8, 4) is 0 Å². The number of hydrogen-bond donors (Lipinski definition) is 2. The van der Waals surface area contributed by atoms with Gasteiger partial charge in [-0.25, -0.2) is 4.99 Å². The van der Waals surface area contributed by atoms with Crippen LogP contribution in [0.3, 0.4) is 0 Å². The number of carbonyl (C=O) groups excluding carboxylic acids is 2. The number of halogens is 1. The van der Waals surface area contributed by atoms with Crippen LogP contribution in [0.15, 0.2) is 40.2 Å². The number of hydrogen-bond acceptors (Lipinski definition) is 4. The van der Waals surface area contributed by atoms with Gasteiger partial charge in [-0.2, -0.15) is 0 Å². The number of carbonyl (C=O) groups is 2. The maximum Gasteiger partial charge on any atom is 0.243 e. The molecule has 0 aromatic heterocycles. The zero-order valence-electron chi connectivity index (χ0n) is 19.1. The average molecular weight is 574 g/mol. The Hall–Kier alpha value is -1.49. The Balaban J connectivity index is 0.00000363. The summed E-state index contributed by atoms with van der Waals surface area (Å²) in [5.41, 5.74) is 0. The van der Waals surface area contributed by atoms with E-state index < -0.39 is 0 Å². The smallest absolute Gasteiger partial charge is 0.243 e. The molecule has 0 bridgehead atoms. The molecule has 2 N–H and O–H groups in total. The van der Waals surface area contributed by atoms with Gasteiger partial charge >= 0.3 is 0 Å². The Morgan fingerprint density at radius 1 is 1.16 bits per heavy atom. The fourth-order valence-corrected chi connectivity index (χ4v) is 4.79. The second-order valence-corrected chi connectivity index (χ2v) is 9.61. The third-order valence-electron chi connectivity index (χ3n) is 5.82. The van der Waals surface area contributed by atoms with E-state index in [1.54, 1.807) is 30.8 Å². The summed E-state index contributed by atoms with van der Waals surface area (Å²) in [4.78, 5) is 34.0. The molecule has 1 saturated carbocycles. The predicted octanol–water partition coefficient (Wildman–Crippen LogP) is 2.81. The fourth-order valence-electron chi connectivity index (χ4n) is 4.00. The van der Waals surface area contributed by atoms with Crippen molar-refractivity contribution >= 4 is 53.5 Å². The molecule has 32 heavy (non-hydrogen) atoms. The number of rotatable bonds is 8. The van der Waals surface area contributed by atoms with E-state index in [-0.39, 0.29) is 48.4 Å². The van der Waals surface area contributed by atoms with Crippen molar-refractivity contribution in [2.75, 3.05) is 46.0 Å². The van der Waals surface area contributed by atoms with Crippen molar-refractivity contribution in [2.45, 2.75) is 43.0 Å². The molecule has 2 aliphatic rings. The van der Waals surface area contributed by atoms with E-state index in [1.165, 1.54) is 17.7 Å². The van der Waals surface area contributed by atoms with Gasteiger partial charge in [0, 0.05) is 56.3 Å². The molecule has 0 radical (unpaired) electrons. The van der Waals surface area contributed by atoms with E-state index in [1.807, 2.05) is 23.1 Å². The van der Waals surface area contributed by atoms with E-state index >= 15 is 0 Å². The van der Waals surface area contributed by atoms with Gasteiger partial charge in [-0.1, -0.05) is 31.0 Å². The minimum absolute atomic E-state index is 0. The summed E-state index contributed by atoms with van der Waals surface area (Å²) >= 11 is 1.78. The van der Waals surface area contributed by atoms with Gasteiger partial charge in [0.15, 0.2) is 5.96 Å². The lowest BCUT2D eigenvalue weighted by Crippen LogP contribution is -2.46. The Morgan fingerprint density at radius 3 is 2.56 bits per heavy atom. The summed E-state index contributed by atoms with van der Waals surface area (Å²) < 4.78 is 0. The quantitative estimate of drug-likeness (QED) is 0.165. The molecule has 1 unspecified atom stereocenters. The van der Waals surface area contributed by atoms with Crippen LogP contribution in [0.2, 0.25) is 0 Å². The van der Waals surface area contributed by atoms with Crippen LogP contribution in [0.1, 0.15) is 32.1 Å². The first-order valence-electron chi connectivity index (χ1n) is 11.2. The monoisotopic (exact) mass is 573 g/mol. The molecule has 1 atom stereocenters. The molecule has 0 spiro atoms. The highest BCUT2D eigenvalue weighted by atomic mass is 127. The van der Waals surface area contributed by atoms with Crippen molar-refractivity contribution in [3.63, 3.8) is 0 Å². The normalized spacial score (nSPS) is 18.9. The van der Waals surface area contributed by atoms with Crippen LogP contribution in [0.5, 0.6) is 0 Å². The Morgan fingerprint density at radius 2 is 1.88 bits per heavy atom. The second kappa shape index (κ2) is 13.9. The molecule has 2 fully saturated rings. The summed E-state index contributed by atoms with van der Waals surface area (Å²) in [6, 6.07) is 10.4. The number of thioether (sulfide) groups is 1. The standard InChI is InChI=1S/C23H35N5O2S.HI/c1-27(2)21(29)16-25-23(24-13-15-31-20-10-4-3-5-11-20)26-19-12-14-28(17-19)22(30)18-8-6-7-9-18;/h3-5,10-11,18-19H,6-9,12-17H2,1-2H3,(H2,24,25,26);1H. The van der Waals surface area contributed by atoms with Crippen LogP contribution >= 0.6 is 35.7 Å². The van der Waals surface area contributed by atoms with Crippen molar-refractivity contribution in [1.29, 1.82) is 0 Å². The number of guanidine groups is 1. The molecular weight excluding hydrogens is 537 g/mol. The molecule has 178 valence electrons. The maximum absolute atomic E-state index is 12.7. The van der Waals surface area contributed by atoms with Crippen LogP contribution in [0.4, 0.5) is 0 Å². The van der Waals surface area contributed by atoms with Gasteiger partial charge in [0.1, 0.15) is 6.54 Å². The topological polar surface area (TPSA) is 77.0 Å². The SMILES string of the molecule is CN(C)C(=O)CN=C(NCCSc1ccccc1)NC1CCN(C(=O)C2CCCC2)C1.I. The molecular formula is C23H36IN5O2S.